The maximum Gasteiger partial charge on any atom is 0.231 e. The number of hydrogen-bond donors (Lipinski definition) is 0. The topological polar surface area (TPSA) is 45.7 Å². The van der Waals surface area contributed by atoms with E-state index in [2.05, 4.69) is 30.0 Å². The van der Waals surface area contributed by atoms with Gasteiger partial charge in [-0.15, -0.1) is 0 Å². The summed E-state index contributed by atoms with van der Waals surface area (Å²) < 4.78 is 6.62. The van der Waals surface area contributed by atoms with Gasteiger partial charge in [-0.25, -0.2) is 4.98 Å². The van der Waals surface area contributed by atoms with Gasteiger partial charge in [-0.1, -0.05) is 42.7 Å². The second-order valence-electron chi connectivity index (χ2n) is 7.70. The summed E-state index contributed by atoms with van der Waals surface area (Å²) in [4.78, 5) is 22.6. The lowest BCUT2D eigenvalue weighted by molar-refractivity contribution is -0.123. The molecule has 27 heavy (non-hydrogen) atoms. The van der Waals surface area contributed by atoms with Crippen LogP contribution in [0.2, 0.25) is 0 Å². The van der Waals surface area contributed by atoms with Crippen molar-refractivity contribution in [1.29, 1.82) is 0 Å². The predicted octanol–water partition coefficient (Wildman–Crippen LogP) is 3.85. The monoisotopic (exact) mass is 387 g/mol. The summed E-state index contributed by atoms with van der Waals surface area (Å²) in [5, 5.41) is 0.864. The van der Waals surface area contributed by atoms with Crippen molar-refractivity contribution in [3.8, 4) is 0 Å². The van der Waals surface area contributed by atoms with Gasteiger partial charge in [-0.2, -0.15) is 0 Å². The highest BCUT2D eigenvalue weighted by Crippen LogP contribution is 2.33. The smallest absolute Gasteiger partial charge is 0.231 e. The first-order valence-corrected chi connectivity index (χ1v) is 11.0. The van der Waals surface area contributed by atoms with E-state index in [9.17, 15) is 4.79 Å². The number of amides is 1. The normalized spacial score (nSPS) is 19.4. The molecule has 0 atom stereocenters. The minimum Gasteiger partial charge on any atom is -0.379 e. The number of thiazole rings is 1. The quantitative estimate of drug-likeness (QED) is 0.782. The Hall–Kier alpha value is -1.50. The van der Waals surface area contributed by atoms with E-state index in [0.717, 1.165) is 61.0 Å². The highest BCUT2D eigenvalue weighted by molar-refractivity contribution is 7.22. The van der Waals surface area contributed by atoms with E-state index in [-0.39, 0.29) is 11.8 Å². The molecular formula is C21H29N3O2S. The SMILES string of the molecule is Cc1cccc2sc(N(CCN3CCOCC3)C(=O)C3CCCCC3)nc12. The molecule has 1 aromatic heterocycles. The first-order valence-electron chi connectivity index (χ1n) is 10.2. The second kappa shape index (κ2) is 8.67. The lowest BCUT2D eigenvalue weighted by Crippen LogP contribution is -2.45. The van der Waals surface area contributed by atoms with Crippen LogP contribution in [0.3, 0.4) is 0 Å². The molecular weight excluding hydrogens is 358 g/mol. The number of carbonyl (C=O) groups is 1. The third-order valence-electron chi connectivity index (χ3n) is 5.80. The molecule has 146 valence electrons. The van der Waals surface area contributed by atoms with Crippen LogP contribution in [0.1, 0.15) is 37.7 Å². The summed E-state index contributed by atoms with van der Waals surface area (Å²) in [5.74, 6) is 0.441. The van der Waals surface area contributed by atoms with Gasteiger partial charge in [0.1, 0.15) is 0 Å². The number of morpholine rings is 1. The van der Waals surface area contributed by atoms with Crippen LogP contribution in [0, 0.1) is 12.8 Å². The number of aryl methyl sites for hydroxylation is 1. The average Bonchev–Trinajstić information content (AvgIpc) is 3.15. The molecule has 1 saturated heterocycles. The van der Waals surface area contributed by atoms with Crippen molar-refractivity contribution in [3.63, 3.8) is 0 Å². The van der Waals surface area contributed by atoms with Crippen LogP contribution < -0.4 is 4.90 Å². The van der Waals surface area contributed by atoms with Crippen LogP contribution in [0.15, 0.2) is 18.2 Å². The fraction of sp³-hybridized carbons (Fsp3) is 0.619. The lowest BCUT2D eigenvalue weighted by atomic mass is 9.88. The van der Waals surface area contributed by atoms with Gasteiger partial charge in [0.05, 0.1) is 23.4 Å². The number of rotatable bonds is 5. The third kappa shape index (κ3) is 4.33. The molecule has 5 nitrogen and oxygen atoms in total. The molecule has 2 aromatic rings. The van der Waals surface area contributed by atoms with Crippen molar-refractivity contribution >= 4 is 32.6 Å². The molecule has 1 aromatic carbocycles. The Bertz CT molecular complexity index is 779. The molecule has 2 fully saturated rings. The van der Waals surface area contributed by atoms with Gasteiger partial charge >= 0.3 is 0 Å². The molecule has 2 heterocycles. The van der Waals surface area contributed by atoms with Crippen LogP contribution in [0.25, 0.3) is 10.2 Å². The Labute approximate surface area is 165 Å². The largest absolute Gasteiger partial charge is 0.379 e. The highest BCUT2D eigenvalue weighted by atomic mass is 32.1. The summed E-state index contributed by atoms with van der Waals surface area (Å²) in [6, 6.07) is 6.27. The van der Waals surface area contributed by atoms with E-state index < -0.39 is 0 Å². The Morgan fingerprint density at radius 2 is 2.04 bits per heavy atom. The number of anilines is 1. The fourth-order valence-corrected chi connectivity index (χ4v) is 5.20. The summed E-state index contributed by atoms with van der Waals surface area (Å²) in [5.41, 5.74) is 2.21. The molecule has 4 rings (SSSR count). The lowest BCUT2D eigenvalue weighted by Gasteiger charge is -2.31. The standard InChI is InChI=1S/C21H29N3O2S/c1-16-6-5-9-18-19(16)22-21(27-18)24(11-10-23-12-14-26-15-13-23)20(25)17-7-3-2-4-8-17/h5-6,9,17H,2-4,7-8,10-15H2,1H3. The van der Waals surface area contributed by atoms with Crippen LogP contribution in [-0.2, 0) is 9.53 Å². The zero-order chi connectivity index (χ0) is 18.6. The maximum atomic E-state index is 13.4. The first kappa shape index (κ1) is 18.8. The summed E-state index contributed by atoms with van der Waals surface area (Å²) in [6.45, 7) is 7.17. The van der Waals surface area contributed by atoms with Gasteiger partial charge in [0.2, 0.25) is 5.91 Å². The molecule has 0 bridgehead atoms. The number of ether oxygens (including phenoxy) is 1. The molecule has 0 radical (unpaired) electrons. The van der Waals surface area contributed by atoms with Gasteiger partial charge in [0, 0.05) is 32.1 Å². The van der Waals surface area contributed by atoms with Crippen LogP contribution in [0.4, 0.5) is 5.13 Å². The van der Waals surface area contributed by atoms with E-state index in [1.54, 1.807) is 11.3 Å². The summed E-state index contributed by atoms with van der Waals surface area (Å²) >= 11 is 1.65. The average molecular weight is 388 g/mol. The summed E-state index contributed by atoms with van der Waals surface area (Å²) in [7, 11) is 0. The van der Waals surface area contributed by atoms with Crippen LogP contribution >= 0.6 is 11.3 Å². The van der Waals surface area contributed by atoms with Gasteiger partial charge < -0.3 is 4.74 Å². The first-order chi connectivity index (χ1) is 13.2. The Morgan fingerprint density at radius 3 is 2.78 bits per heavy atom. The number of benzene rings is 1. The molecule has 6 heteroatoms. The molecule has 1 aliphatic carbocycles. The number of aromatic nitrogens is 1. The van der Waals surface area contributed by atoms with Crippen molar-refractivity contribution in [2.45, 2.75) is 39.0 Å². The predicted molar refractivity (Wildman–Crippen MR) is 111 cm³/mol. The Kier molecular flexibility index (Phi) is 6.05. The van der Waals surface area contributed by atoms with Gasteiger partial charge in [0.15, 0.2) is 5.13 Å². The van der Waals surface area contributed by atoms with Crippen molar-refractivity contribution in [2.24, 2.45) is 5.92 Å². The van der Waals surface area contributed by atoms with Gasteiger partial charge in [-0.3, -0.25) is 14.6 Å². The minimum absolute atomic E-state index is 0.163. The molecule has 2 aliphatic rings. The fourth-order valence-electron chi connectivity index (χ4n) is 4.13. The highest BCUT2D eigenvalue weighted by Gasteiger charge is 2.29. The zero-order valence-electron chi connectivity index (χ0n) is 16.2. The van der Waals surface area contributed by atoms with Crippen LogP contribution in [0.5, 0.6) is 0 Å². The Balaban J connectivity index is 1.57. The molecule has 1 saturated carbocycles. The molecule has 1 aliphatic heterocycles. The van der Waals surface area contributed by atoms with E-state index in [0.29, 0.717) is 6.54 Å². The number of hydrogen-bond acceptors (Lipinski definition) is 5. The van der Waals surface area contributed by atoms with E-state index >= 15 is 0 Å². The molecule has 0 unspecified atom stereocenters. The third-order valence-corrected chi connectivity index (χ3v) is 6.85. The molecule has 0 N–H and O–H groups in total. The number of carbonyl (C=O) groups excluding carboxylic acids is 1. The summed E-state index contributed by atoms with van der Waals surface area (Å²) in [6.07, 6.45) is 5.66. The van der Waals surface area contributed by atoms with E-state index in [4.69, 9.17) is 9.72 Å². The Morgan fingerprint density at radius 1 is 1.26 bits per heavy atom. The number of para-hydroxylation sites is 1. The van der Waals surface area contributed by atoms with E-state index in [1.807, 2.05) is 4.90 Å². The van der Waals surface area contributed by atoms with Crippen LogP contribution in [-0.4, -0.2) is 55.2 Å². The zero-order valence-corrected chi connectivity index (χ0v) is 17.0. The van der Waals surface area contributed by atoms with Crippen molar-refractivity contribution < 1.29 is 9.53 Å². The minimum atomic E-state index is 0.163. The van der Waals surface area contributed by atoms with Crippen molar-refractivity contribution in [2.75, 3.05) is 44.3 Å². The maximum absolute atomic E-state index is 13.4. The number of nitrogens with zero attached hydrogens (tertiary/aromatic N) is 3. The van der Waals surface area contributed by atoms with Crippen molar-refractivity contribution in [3.05, 3.63) is 23.8 Å². The van der Waals surface area contributed by atoms with Crippen molar-refractivity contribution in [1.82, 2.24) is 9.88 Å². The molecule has 0 spiro atoms. The van der Waals surface area contributed by atoms with E-state index in [1.165, 1.54) is 24.8 Å². The second-order valence-corrected chi connectivity index (χ2v) is 8.71. The number of fused-ring (bicyclic) bond motifs is 1. The molecule has 1 amide bonds. The van der Waals surface area contributed by atoms with Gasteiger partial charge in [-0.05, 0) is 31.4 Å². The van der Waals surface area contributed by atoms with Gasteiger partial charge in [0.25, 0.3) is 0 Å².